The molecule has 1 aromatic carbocycles. The number of aromatic carboxylic acids is 1. The molecule has 20 heavy (non-hydrogen) atoms. The Hall–Kier alpha value is -1.81. The SMILES string of the molecule is CN(Cc1ccc2oc(C(=O)O)cc2c1)CC1CCC1. The number of nitrogens with zero attached hydrogens (tertiary/aromatic N) is 1. The molecule has 0 amide bonds. The summed E-state index contributed by atoms with van der Waals surface area (Å²) in [5, 5.41) is 9.79. The predicted octanol–water partition coefficient (Wildman–Crippen LogP) is 3.36. The van der Waals surface area contributed by atoms with Crippen LogP contribution in [-0.2, 0) is 6.54 Å². The maximum absolute atomic E-state index is 10.9. The van der Waals surface area contributed by atoms with Crippen molar-refractivity contribution in [1.82, 2.24) is 4.90 Å². The van der Waals surface area contributed by atoms with Gasteiger partial charge in [0.1, 0.15) is 5.58 Å². The van der Waals surface area contributed by atoms with Crippen molar-refractivity contribution in [3.05, 3.63) is 35.6 Å². The van der Waals surface area contributed by atoms with Crippen LogP contribution in [0.4, 0.5) is 0 Å². The first kappa shape index (κ1) is 13.2. The lowest BCUT2D eigenvalue weighted by Crippen LogP contribution is -2.29. The number of fused-ring (bicyclic) bond motifs is 1. The van der Waals surface area contributed by atoms with Gasteiger partial charge in [0.25, 0.3) is 0 Å². The van der Waals surface area contributed by atoms with E-state index < -0.39 is 5.97 Å². The highest BCUT2D eigenvalue weighted by atomic mass is 16.4. The summed E-state index contributed by atoms with van der Waals surface area (Å²) in [7, 11) is 2.14. The van der Waals surface area contributed by atoms with Crippen molar-refractivity contribution in [2.45, 2.75) is 25.8 Å². The van der Waals surface area contributed by atoms with Gasteiger partial charge in [0.05, 0.1) is 0 Å². The molecule has 0 bridgehead atoms. The number of rotatable bonds is 5. The Balaban J connectivity index is 1.72. The van der Waals surface area contributed by atoms with Gasteiger partial charge in [0.15, 0.2) is 0 Å². The van der Waals surface area contributed by atoms with E-state index in [0.717, 1.165) is 24.4 Å². The largest absolute Gasteiger partial charge is 0.475 e. The minimum absolute atomic E-state index is 0.0000254. The van der Waals surface area contributed by atoms with E-state index >= 15 is 0 Å². The molecule has 1 saturated carbocycles. The zero-order chi connectivity index (χ0) is 14.1. The van der Waals surface area contributed by atoms with Gasteiger partial charge < -0.3 is 14.4 Å². The van der Waals surface area contributed by atoms with Crippen LogP contribution in [0.25, 0.3) is 11.0 Å². The van der Waals surface area contributed by atoms with Crippen LogP contribution in [0.15, 0.2) is 28.7 Å². The number of furan rings is 1. The van der Waals surface area contributed by atoms with Crippen molar-refractivity contribution >= 4 is 16.9 Å². The molecule has 2 aromatic rings. The molecule has 1 aliphatic rings. The quantitative estimate of drug-likeness (QED) is 0.907. The highest BCUT2D eigenvalue weighted by molar-refractivity contribution is 5.91. The van der Waals surface area contributed by atoms with Gasteiger partial charge in [-0.25, -0.2) is 4.79 Å². The zero-order valence-corrected chi connectivity index (χ0v) is 11.6. The molecule has 0 atom stereocenters. The second-order valence-electron chi connectivity index (χ2n) is 5.78. The molecule has 1 aliphatic carbocycles. The van der Waals surface area contributed by atoms with E-state index in [2.05, 4.69) is 11.9 Å². The van der Waals surface area contributed by atoms with E-state index in [1.165, 1.54) is 24.8 Å². The third-order valence-corrected chi connectivity index (χ3v) is 4.04. The molecule has 4 heteroatoms. The molecular weight excluding hydrogens is 254 g/mol. The zero-order valence-electron chi connectivity index (χ0n) is 11.6. The van der Waals surface area contributed by atoms with Gasteiger partial charge in [0.2, 0.25) is 5.76 Å². The first-order valence-corrected chi connectivity index (χ1v) is 7.06. The highest BCUT2D eigenvalue weighted by Crippen LogP contribution is 2.27. The third kappa shape index (κ3) is 2.70. The van der Waals surface area contributed by atoms with E-state index in [9.17, 15) is 4.79 Å². The van der Waals surface area contributed by atoms with E-state index in [4.69, 9.17) is 9.52 Å². The Morgan fingerprint density at radius 3 is 2.85 bits per heavy atom. The Morgan fingerprint density at radius 1 is 1.40 bits per heavy atom. The lowest BCUT2D eigenvalue weighted by atomic mass is 9.85. The summed E-state index contributed by atoms with van der Waals surface area (Å²) in [6.45, 7) is 2.03. The Kier molecular flexibility index (Phi) is 3.49. The second-order valence-corrected chi connectivity index (χ2v) is 5.78. The first-order chi connectivity index (χ1) is 9.61. The lowest BCUT2D eigenvalue weighted by molar-refractivity contribution is 0.0665. The molecule has 4 nitrogen and oxygen atoms in total. The summed E-state index contributed by atoms with van der Waals surface area (Å²) in [5.74, 6) is -0.166. The minimum atomic E-state index is -1.02. The van der Waals surface area contributed by atoms with Crippen molar-refractivity contribution in [2.24, 2.45) is 5.92 Å². The summed E-state index contributed by atoms with van der Waals surface area (Å²) < 4.78 is 5.27. The number of benzene rings is 1. The van der Waals surface area contributed by atoms with Gasteiger partial charge in [-0.2, -0.15) is 0 Å². The van der Waals surface area contributed by atoms with Gasteiger partial charge in [0, 0.05) is 18.5 Å². The number of hydrogen-bond acceptors (Lipinski definition) is 3. The van der Waals surface area contributed by atoms with E-state index in [1.807, 2.05) is 18.2 Å². The van der Waals surface area contributed by atoms with Crippen molar-refractivity contribution in [3.63, 3.8) is 0 Å². The normalized spacial score (nSPS) is 15.7. The minimum Gasteiger partial charge on any atom is -0.475 e. The highest BCUT2D eigenvalue weighted by Gasteiger charge is 2.19. The van der Waals surface area contributed by atoms with E-state index in [1.54, 1.807) is 6.07 Å². The molecule has 1 N–H and O–H groups in total. The first-order valence-electron chi connectivity index (χ1n) is 7.06. The molecule has 0 saturated heterocycles. The fourth-order valence-electron chi connectivity index (χ4n) is 2.79. The third-order valence-electron chi connectivity index (χ3n) is 4.04. The van der Waals surface area contributed by atoms with Gasteiger partial charge in [-0.05, 0) is 49.6 Å². The molecule has 3 rings (SSSR count). The number of carbonyl (C=O) groups is 1. The van der Waals surface area contributed by atoms with Gasteiger partial charge in [-0.3, -0.25) is 0 Å². The van der Waals surface area contributed by atoms with Crippen LogP contribution in [0.5, 0.6) is 0 Å². The molecule has 1 fully saturated rings. The standard InChI is InChI=1S/C16H19NO3/c1-17(9-11-3-2-4-11)10-12-5-6-14-13(7-12)8-15(20-14)16(18)19/h5-8,11H,2-4,9-10H2,1H3,(H,18,19). The summed E-state index contributed by atoms with van der Waals surface area (Å²) in [5.41, 5.74) is 1.82. The van der Waals surface area contributed by atoms with Crippen LogP contribution >= 0.6 is 0 Å². The fourth-order valence-corrected chi connectivity index (χ4v) is 2.79. The molecular formula is C16H19NO3. The van der Waals surface area contributed by atoms with Crippen LogP contribution in [0.3, 0.4) is 0 Å². The summed E-state index contributed by atoms with van der Waals surface area (Å²) in [4.78, 5) is 13.2. The maximum Gasteiger partial charge on any atom is 0.371 e. The van der Waals surface area contributed by atoms with Gasteiger partial charge in [-0.15, -0.1) is 0 Å². The summed E-state index contributed by atoms with van der Waals surface area (Å²) in [6.07, 6.45) is 4.08. The second kappa shape index (κ2) is 5.29. The Morgan fingerprint density at radius 2 is 2.20 bits per heavy atom. The summed E-state index contributed by atoms with van der Waals surface area (Å²) >= 11 is 0. The van der Waals surface area contributed by atoms with Crippen molar-refractivity contribution in [2.75, 3.05) is 13.6 Å². The van der Waals surface area contributed by atoms with E-state index in [0.29, 0.717) is 5.58 Å². The number of hydrogen-bond donors (Lipinski definition) is 1. The van der Waals surface area contributed by atoms with Gasteiger partial charge >= 0.3 is 5.97 Å². The van der Waals surface area contributed by atoms with Crippen molar-refractivity contribution in [3.8, 4) is 0 Å². The van der Waals surface area contributed by atoms with Crippen LogP contribution in [0.2, 0.25) is 0 Å². The average Bonchev–Trinajstić information content (AvgIpc) is 2.77. The average molecular weight is 273 g/mol. The molecule has 0 unspecified atom stereocenters. The summed E-state index contributed by atoms with van der Waals surface area (Å²) in [6, 6.07) is 7.47. The topological polar surface area (TPSA) is 53.7 Å². The smallest absolute Gasteiger partial charge is 0.371 e. The molecule has 0 radical (unpaired) electrons. The molecule has 0 spiro atoms. The predicted molar refractivity (Wildman–Crippen MR) is 76.8 cm³/mol. The Bertz CT molecular complexity index is 628. The number of carboxylic acid groups (broad SMARTS) is 1. The molecule has 1 aromatic heterocycles. The van der Waals surface area contributed by atoms with E-state index in [-0.39, 0.29) is 5.76 Å². The van der Waals surface area contributed by atoms with Crippen molar-refractivity contribution < 1.29 is 14.3 Å². The van der Waals surface area contributed by atoms with Crippen LogP contribution < -0.4 is 0 Å². The molecule has 0 aliphatic heterocycles. The molecule has 1 heterocycles. The van der Waals surface area contributed by atoms with Crippen molar-refractivity contribution in [1.29, 1.82) is 0 Å². The maximum atomic E-state index is 10.9. The number of carboxylic acids is 1. The van der Waals surface area contributed by atoms with Crippen LogP contribution in [0, 0.1) is 5.92 Å². The molecule has 106 valence electrons. The monoisotopic (exact) mass is 273 g/mol. The van der Waals surface area contributed by atoms with Gasteiger partial charge in [-0.1, -0.05) is 12.5 Å². The van der Waals surface area contributed by atoms with Crippen LogP contribution in [-0.4, -0.2) is 29.6 Å². The Labute approximate surface area is 118 Å². The fraction of sp³-hybridized carbons (Fsp3) is 0.438. The van der Waals surface area contributed by atoms with Crippen LogP contribution in [0.1, 0.15) is 35.4 Å². The lowest BCUT2D eigenvalue weighted by Gasteiger charge is -2.30.